The van der Waals surface area contributed by atoms with Gasteiger partial charge in [-0.05, 0) is 13.0 Å². The lowest BCUT2D eigenvalue weighted by molar-refractivity contribution is 0.100. The van der Waals surface area contributed by atoms with Crippen LogP contribution in [0.2, 0.25) is 0 Å². The van der Waals surface area contributed by atoms with Crippen LogP contribution in [-0.2, 0) is 9.84 Å². The molecule has 0 radical (unpaired) electrons. The third-order valence-electron chi connectivity index (χ3n) is 2.15. The van der Waals surface area contributed by atoms with Crippen LogP contribution >= 0.6 is 0 Å². The van der Waals surface area contributed by atoms with Crippen LogP contribution in [0.5, 0.6) is 0 Å². The minimum absolute atomic E-state index is 0.0599. The number of rotatable bonds is 5. The van der Waals surface area contributed by atoms with Crippen molar-refractivity contribution >= 4 is 27.2 Å². The third kappa shape index (κ3) is 4.21. The lowest BCUT2D eigenvalue weighted by Crippen LogP contribution is -2.27. The molecule has 1 aromatic heterocycles. The number of hydrogen-bond donors (Lipinski definition) is 3. The average Bonchev–Trinajstić information content (AvgIpc) is 2.17. The third-order valence-corrected chi connectivity index (χ3v) is 3.25. The van der Waals surface area contributed by atoms with Crippen molar-refractivity contribution in [2.45, 2.75) is 13.0 Å². The van der Waals surface area contributed by atoms with Crippen LogP contribution in [-0.4, -0.2) is 37.4 Å². The number of amides is 1. The van der Waals surface area contributed by atoms with E-state index in [2.05, 4.69) is 10.3 Å². The monoisotopic (exact) mass is 272 g/mol. The van der Waals surface area contributed by atoms with E-state index in [-0.39, 0.29) is 23.2 Å². The molecule has 1 rings (SSSR count). The summed E-state index contributed by atoms with van der Waals surface area (Å²) in [6, 6.07) is 0.973. The second-order valence-corrected chi connectivity index (χ2v) is 6.34. The molecule has 5 N–H and O–H groups in total. The van der Waals surface area contributed by atoms with Crippen LogP contribution in [0.1, 0.15) is 17.3 Å². The van der Waals surface area contributed by atoms with E-state index in [0.717, 1.165) is 6.26 Å². The Morgan fingerprint density at radius 3 is 2.67 bits per heavy atom. The summed E-state index contributed by atoms with van der Waals surface area (Å²) in [6.45, 7) is 1.68. The number of nitrogens with one attached hydrogen (secondary N) is 1. The first kappa shape index (κ1) is 14.2. The normalized spacial score (nSPS) is 13.0. The van der Waals surface area contributed by atoms with Crippen molar-refractivity contribution in [3.05, 3.63) is 17.8 Å². The summed E-state index contributed by atoms with van der Waals surface area (Å²) in [5, 5.41) is 2.88. The van der Waals surface area contributed by atoms with Gasteiger partial charge in [0.05, 0.1) is 23.2 Å². The van der Waals surface area contributed by atoms with E-state index in [9.17, 15) is 13.2 Å². The summed E-state index contributed by atoms with van der Waals surface area (Å²) < 4.78 is 22.3. The topological polar surface area (TPSA) is 128 Å². The van der Waals surface area contributed by atoms with Crippen LogP contribution in [0.25, 0.3) is 0 Å². The summed E-state index contributed by atoms with van der Waals surface area (Å²) in [4.78, 5) is 15.1. The van der Waals surface area contributed by atoms with Crippen LogP contribution in [0.15, 0.2) is 12.3 Å². The van der Waals surface area contributed by atoms with Crippen LogP contribution < -0.4 is 16.8 Å². The average molecular weight is 272 g/mol. The maximum Gasteiger partial charge on any atom is 0.250 e. The van der Waals surface area contributed by atoms with Crippen molar-refractivity contribution in [2.24, 2.45) is 5.73 Å². The number of carbonyl (C=O) groups excluding carboxylic acids is 1. The summed E-state index contributed by atoms with van der Waals surface area (Å²) in [6.07, 6.45) is 2.50. The highest BCUT2D eigenvalue weighted by Crippen LogP contribution is 2.17. The fraction of sp³-hybridized carbons (Fsp3) is 0.400. The number of carbonyl (C=O) groups is 1. The van der Waals surface area contributed by atoms with E-state index in [1.165, 1.54) is 12.3 Å². The fourth-order valence-corrected chi connectivity index (χ4v) is 2.54. The van der Waals surface area contributed by atoms with Gasteiger partial charge in [0, 0.05) is 12.3 Å². The lowest BCUT2D eigenvalue weighted by atomic mass is 10.2. The Morgan fingerprint density at radius 1 is 1.56 bits per heavy atom. The molecule has 8 heteroatoms. The Kier molecular flexibility index (Phi) is 4.12. The molecule has 1 heterocycles. The Balaban J connectivity index is 2.94. The molecule has 1 aromatic rings. The number of primary amides is 1. The van der Waals surface area contributed by atoms with Gasteiger partial charge in [0.2, 0.25) is 0 Å². The van der Waals surface area contributed by atoms with Crippen molar-refractivity contribution in [2.75, 3.05) is 23.1 Å². The first-order chi connectivity index (χ1) is 8.19. The van der Waals surface area contributed by atoms with Gasteiger partial charge < -0.3 is 16.8 Å². The van der Waals surface area contributed by atoms with Gasteiger partial charge >= 0.3 is 0 Å². The van der Waals surface area contributed by atoms with Crippen molar-refractivity contribution < 1.29 is 13.2 Å². The fourth-order valence-electron chi connectivity index (χ4n) is 1.55. The van der Waals surface area contributed by atoms with Crippen LogP contribution in [0.4, 0.5) is 11.5 Å². The Labute approximate surface area is 105 Å². The quantitative estimate of drug-likeness (QED) is 0.669. The molecule has 7 nitrogen and oxygen atoms in total. The van der Waals surface area contributed by atoms with Gasteiger partial charge in [0.1, 0.15) is 15.7 Å². The SMILES string of the molecule is CC(CS(C)(=O)=O)Nc1cnc(N)cc1C(N)=O. The van der Waals surface area contributed by atoms with Crippen molar-refractivity contribution in [3.8, 4) is 0 Å². The first-order valence-electron chi connectivity index (χ1n) is 5.18. The Morgan fingerprint density at radius 2 is 2.17 bits per heavy atom. The van der Waals surface area contributed by atoms with Gasteiger partial charge in [-0.1, -0.05) is 0 Å². The molecule has 0 aliphatic heterocycles. The molecule has 1 atom stereocenters. The molecule has 0 bridgehead atoms. The minimum atomic E-state index is -3.11. The van der Waals surface area contributed by atoms with E-state index < -0.39 is 15.7 Å². The number of aromatic nitrogens is 1. The molecule has 0 saturated heterocycles. The summed E-state index contributed by atoms with van der Waals surface area (Å²) in [7, 11) is -3.11. The van der Waals surface area contributed by atoms with E-state index in [1.54, 1.807) is 6.92 Å². The molecule has 0 aliphatic carbocycles. The Bertz CT molecular complexity index is 556. The maximum atomic E-state index is 11.2. The van der Waals surface area contributed by atoms with Crippen molar-refractivity contribution in [3.63, 3.8) is 0 Å². The molecule has 1 amide bonds. The van der Waals surface area contributed by atoms with Crippen LogP contribution in [0, 0.1) is 0 Å². The predicted octanol–water partition coefficient (Wildman–Crippen LogP) is -0.392. The zero-order valence-corrected chi connectivity index (χ0v) is 11.0. The van der Waals surface area contributed by atoms with Gasteiger partial charge in [0.25, 0.3) is 5.91 Å². The number of anilines is 2. The predicted molar refractivity (Wildman–Crippen MR) is 70.0 cm³/mol. The number of pyridine rings is 1. The molecule has 1 unspecified atom stereocenters. The number of nitrogen functional groups attached to an aromatic ring is 1. The summed E-state index contributed by atoms with van der Waals surface area (Å²) in [5.41, 5.74) is 11.2. The lowest BCUT2D eigenvalue weighted by Gasteiger charge is -2.16. The molecule has 0 fully saturated rings. The molecule has 0 aliphatic rings. The van der Waals surface area contributed by atoms with Gasteiger partial charge in [-0.3, -0.25) is 4.79 Å². The number of sulfone groups is 1. The highest BCUT2D eigenvalue weighted by atomic mass is 32.2. The van der Waals surface area contributed by atoms with E-state index in [0.29, 0.717) is 5.69 Å². The van der Waals surface area contributed by atoms with Crippen LogP contribution in [0.3, 0.4) is 0 Å². The highest BCUT2D eigenvalue weighted by molar-refractivity contribution is 7.90. The molecule has 100 valence electrons. The largest absolute Gasteiger partial charge is 0.384 e. The molecular formula is C10H16N4O3S. The molecule has 18 heavy (non-hydrogen) atoms. The first-order valence-corrected chi connectivity index (χ1v) is 7.24. The molecular weight excluding hydrogens is 256 g/mol. The van der Waals surface area contributed by atoms with Gasteiger partial charge in [-0.2, -0.15) is 0 Å². The van der Waals surface area contributed by atoms with Crippen molar-refractivity contribution in [1.29, 1.82) is 0 Å². The second kappa shape index (κ2) is 5.21. The van der Waals surface area contributed by atoms with E-state index >= 15 is 0 Å². The number of nitrogens with two attached hydrogens (primary N) is 2. The highest BCUT2D eigenvalue weighted by Gasteiger charge is 2.14. The van der Waals surface area contributed by atoms with Gasteiger partial charge in [-0.15, -0.1) is 0 Å². The zero-order chi connectivity index (χ0) is 13.9. The van der Waals surface area contributed by atoms with E-state index in [4.69, 9.17) is 11.5 Å². The maximum absolute atomic E-state index is 11.2. The van der Waals surface area contributed by atoms with E-state index in [1.807, 2.05) is 0 Å². The summed E-state index contributed by atoms with van der Waals surface area (Å²) >= 11 is 0. The molecule has 0 saturated carbocycles. The van der Waals surface area contributed by atoms with Gasteiger partial charge in [0.15, 0.2) is 0 Å². The summed E-state index contributed by atoms with van der Waals surface area (Å²) in [5.74, 6) is -0.543. The van der Waals surface area contributed by atoms with Crippen molar-refractivity contribution in [1.82, 2.24) is 4.98 Å². The second-order valence-electron chi connectivity index (χ2n) is 4.16. The number of hydrogen-bond acceptors (Lipinski definition) is 6. The van der Waals surface area contributed by atoms with Gasteiger partial charge in [-0.25, -0.2) is 13.4 Å². The Hall–Kier alpha value is -1.83. The smallest absolute Gasteiger partial charge is 0.250 e. The number of nitrogens with zero attached hydrogens (tertiary/aromatic N) is 1. The minimum Gasteiger partial charge on any atom is -0.384 e. The molecule has 0 spiro atoms. The zero-order valence-electron chi connectivity index (χ0n) is 10.2. The standard InChI is InChI=1S/C10H16N4O3S/c1-6(5-18(2,16)17)14-8-4-13-9(11)3-7(8)10(12)15/h3-4,6,14H,5H2,1-2H3,(H2,11,13)(H2,12,15). The molecule has 0 aromatic carbocycles.